The molecule has 1 heterocycles. The lowest BCUT2D eigenvalue weighted by Gasteiger charge is -2.30. The summed E-state index contributed by atoms with van der Waals surface area (Å²) in [4.78, 5) is 15.0. The lowest BCUT2D eigenvalue weighted by atomic mass is 9.93. The Labute approximate surface area is 144 Å². The molecule has 24 heavy (non-hydrogen) atoms. The zero-order valence-corrected chi connectivity index (χ0v) is 15.1. The molecular formula is C20H27N3O. The molecule has 0 N–H and O–H groups in total. The molecule has 1 fully saturated rings. The van der Waals surface area contributed by atoms with Crippen molar-refractivity contribution in [2.45, 2.75) is 45.6 Å². The highest BCUT2D eigenvalue weighted by Crippen LogP contribution is 2.33. The number of nitrogens with zero attached hydrogens (tertiary/aromatic N) is 3. The van der Waals surface area contributed by atoms with Crippen LogP contribution in [0.5, 0.6) is 0 Å². The van der Waals surface area contributed by atoms with Gasteiger partial charge in [0, 0.05) is 25.8 Å². The molecule has 1 aliphatic rings. The average molecular weight is 325 g/mol. The van der Waals surface area contributed by atoms with Gasteiger partial charge in [-0.05, 0) is 44.6 Å². The summed E-state index contributed by atoms with van der Waals surface area (Å²) in [7, 11) is 3.86. The Morgan fingerprint density at radius 2 is 1.96 bits per heavy atom. The molecule has 2 atom stereocenters. The minimum absolute atomic E-state index is 0.114. The highest BCUT2D eigenvalue weighted by Gasteiger charge is 2.34. The molecule has 0 spiro atoms. The summed E-state index contributed by atoms with van der Waals surface area (Å²) in [6.45, 7) is 3.89. The van der Waals surface area contributed by atoms with Crippen molar-refractivity contribution in [2.75, 3.05) is 7.05 Å². The van der Waals surface area contributed by atoms with Crippen molar-refractivity contribution >= 4 is 5.91 Å². The predicted octanol–water partition coefficient (Wildman–Crippen LogP) is 3.52. The van der Waals surface area contributed by atoms with Crippen LogP contribution in [0.25, 0.3) is 0 Å². The van der Waals surface area contributed by atoms with Gasteiger partial charge in [-0.15, -0.1) is 0 Å². The van der Waals surface area contributed by atoms with Crippen molar-refractivity contribution < 1.29 is 4.79 Å². The molecule has 1 aromatic carbocycles. The van der Waals surface area contributed by atoms with Gasteiger partial charge in [-0.1, -0.05) is 36.8 Å². The maximum absolute atomic E-state index is 13.1. The molecule has 0 unspecified atom stereocenters. The summed E-state index contributed by atoms with van der Waals surface area (Å²) in [6.07, 6.45) is 4.54. The minimum atomic E-state index is 0.114. The highest BCUT2D eigenvalue weighted by molar-refractivity contribution is 5.96. The van der Waals surface area contributed by atoms with E-state index in [9.17, 15) is 4.79 Å². The van der Waals surface area contributed by atoms with Crippen LogP contribution < -0.4 is 0 Å². The van der Waals surface area contributed by atoms with Crippen molar-refractivity contribution in [1.82, 2.24) is 14.7 Å². The molecule has 128 valence electrons. The van der Waals surface area contributed by atoms with Gasteiger partial charge in [0.25, 0.3) is 5.91 Å². The lowest BCUT2D eigenvalue weighted by Crippen LogP contribution is -2.40. The molecular weight excluding hydrogens is 298 g/mol. The lowest BCUT2D eigenvalue weighted by molar-refractivity contribution is 0.0694. The van der Waals surface area contributed by atoms with Gasteiger partial charge in [-0.3, -0.25) is 9.48 Å². The molecule has 0 bridgehead atoms. The monoisotopic (exact) mass is 325 g/mol. The van der Waals surface area contributed by atoms with E-state index in [1.807, 2.05) is 32.8 Å². The third kappa shape index (κ3) is 3.10. The van der Waals surface area contributed by atoms with E-state index in [4.69, 9.17) is 0 Å². The van der Waals surface area contributed by atoms with Gasteiger partial charge < -0.3 is 4.90 Å². The van der Waals surface area contributed by atoms with E-state index >= 15 is 0 Å². The van der Waals surface area contributed by atoms with Gasteiger partial charge >= 0.3 is 0 Å². The van der Waals surface area contributed by atoms with E-state index in [1.165, 1.54) is 18.4 Å². The van der Waals surface area contributed by atoms with Crippen molar-refractivity contribution in [1.29, 1.82) is 0 Å². The first kappa shape index (κ1) is 16.7. The largest absolute Gasteiger partial charge is 0.338 e. The molecule has 1 saturated carbocycles. The van der Waals surface area contributed by atoms with Gasteiger partial charge in [0.2, 0.25) is 0 Å². The molecule has 3 rings (SSSR count). The van der Waals surface area contributed by atoms with Crippen molar-refractivity contribution in [3.63, 3.8) is 0 Å². The minimum Gasteiger partial charge on any atom is -0.338 e. The standard InChI is InChI=1S/C20H27N3O/c1-14-19(15(2)23(4)21-14)20(24)22(3)18-12-8-11-17(18)13-16-9-6-5-7-10-16/h5-7,9-10,17-18H,8,11-13H2,1-4H3/t17-,18+/m0/s1. The topological polar surface area (TPSA) is 38.1 Å². The maximum atomic E-state index is 13.1. The van der Waals surface area contributed by atoms with Gasteiger partial charge in [-0.2, -0.15) is 5.10 Å². The van der Waals surface area contributed by atoms with Gasteiger partial charge in [-0.25, -0.2) is 0 Å². The number of hydrogen-bond donors (Lipinski definition) is 0. The highest BCUT2D eigenvalue weighted by atomic mass is 16.2. The first-order chi connectivity index (χ1) is 11.5. The normalized spacial score (nSPS) is 20.3. The first-order valence-electron chi connectivity index (χ1n) is 8.80. The fraction of sp³-hybridized carbons (Fsp3) is 0.500. The quantitative estimate of drug-likeness (QED) is 0.862. The van der Waals surface area contributed by atoms with Crippen LogP contribution in [0.4, 0.5) is 0 Å². The number of benzene rings is 1. The summed E-state index contributed by atoms with van der Waals surface area (Å²) in [5, 5.41) is 4.40. The van der Waals surface area contributed by atoms with Crippen molar-refractivity contribution in [2.24, 2.45) is 13.0 Å². The summed E-state index contributed by atoms with van der Waals surface area (Å²) >= 11 is 0. The van der Waals surface area contributed by atoms with E-state index in [1.54, 1.807) is 4.68 Å². The summed E-state index contributed by atoms with van der Waals surface area (Å²) in [5.41, 5.74) is 3.90. The number of aromatic nitrogens is 2. The third-order valence-electron chi connectivity index (χ3n) is 5.50. The van der Waals surface area contributed by atoms with Crippen LogP contribution in [-0.4, -0.2) is 33.7 Å². The summed E-state index contributed by atoms with van der Waals surface area (Å²) in [5.74, 6) is 0.654. The van der Waals surface area contributed by atoms with Gasteiger partial charge in [0.1, 0.15) is 0 Å². The fourth-order valence-corrected chi connectivity index (χ4v) is 4.09. The van der Waals surface area contributed by atoms with Crippen LogP contribution in [0.3, 0.4) is 0 Å². The Morgan fingerprint density at radius 3 is 2.58 bits per heavy atom. The SMILES string of the molecule is Cc1nn(C)c(C)c1C(=O)N(C)[C@@H]1CCC[C@H]1Cc1ccccc1. The predicted molar refractivity (Wildman–Crippen MR) is 96.1 cm³/mol. The Morgan fingerprint density at radius 1 is 1.25 bits per heavy atom. The van der Waals surface area contributed by atoms with Crippen molar-refractivity contribution in [3.05, 3.63) is 52.8 Å². The van der Waals surface area contributed by atoms with E-state index in [0.29, 0.717) is 12.0 Å². The van der Waals surface area contributed by atoms with Gasteiger partial charge in [0.05, 0.1) is 11.3 Å². The van der Waals surface area contributed by atoms with E-state index in [-0.39, 0.29) is 5.91 Å². The molecule has 1 aromatic heterocycles. The zero-order valence-electron chi connectivity index (χ0n) is 15.1. The second-order valence-corrected chi connectivity index (χ2v) is 7.03. The number of amides is 1. The summed E-state index contributed by atoms with van der Waals surface area (Å²) in [6, 6.07) is 10.9. The van der Waals surface area contributed by atoms with Crippen LogP contribution in [0.2, 0.25) is 0 Å². The molecule has 2 aromatic rings. The Hall–Kier alpha value is -2.10. The Bertz CT molecular complexity index is 720. The Balaban J connectivity index is 1.78. The van der Waals surface area contributed by atoms with Crippen molar-refractivity contribution in [3.8, 4) is 0 Å². The van der Waals surface area contributed by atoms with Crippen LogP contribution in [0.1, 0.15) is 46.6 Å². The second-order valence-electron chi connectivity index (χ2n) is 7.03. The molecule has 1 aliphatic carbocycles. The third-order valence-corrected chi connectivity index (χ3v) is 5.50. The van der Waals surface area contributed by atoms with E-state index < -0.39 is 0 Å². The van der Waals surface area contributed by atoms with Gasteiger partial charge in [0.15, 0.2) is 0 Å². The van der Waals surface area contributed by atoms with Crippen LogP contribution in [-0.2, 0) is 13.5 Å². The number of rotatable bonds is 4. The van der Waals surface area contributed by atoms with Crippen LogP contribution >= 0.6 is 0 Å². The number of carbonyl (C=O) groups is 1. The molecule has 4 heteroatoms. The first-order valence-corrected chi connectivity index (χ1v) is 8.80. The van der Waals surface area contributed by atoms with E-state index in [0.717, 1.165) is 29.8 Å². The van der Waals surface area contributed by atoms with Crippen LogP contribution in [0.15, 0.2) is 30.3 Å². The average Bonchev–Trinajstić information content (AvgIpc) is 3.12. The fourth-order valence-electron chi connectivity index (χ4n) is 4.09. The number of aryl methyl sites for hydroxylation is 2. The zero-order chi connectivity index (χ0) is 17.3. The smallest absolute Gasteiger partial charge is 0.257 e. The second kappa shape index (κ2) is 6.80. The molecule has 1 amide bonds. The molecule has 0 aliphatic heterocycles. The van der Waals surface area contributed by atoms with E-state index in [2.05, 4.69) is 35.4 Å². The summed E-state index contributed by atoms with van der Waals surface area (Å²) < 4.78 is 1.80. The maximum Gasteiger partial charge on any atom is 0.257 e. The van der Waals surface area contributed by atoms with Crippen LogP contribution in [0, 0.1) is 19.8 Å². The number of hydrogen-bond acceptors (Lipinski definition) is 2. The molecule has 0 saturated heterocycles. The molecule has 4 nitrogen and oxygen atoms in total. The number of carbonyl (C=O) groups excluding carboxylic acids is 1. The Kier molecular flexibility index (Phi) is 4.74. The molecule has 0 radical (unpaired) electrons.